The lowest BCUT2D eigenvalue weighted by atomic mass is 10.0. The lowest BCUT2D eigenvalue weighted by Crippen LogP contribution is -2.22. The highest BCUT2D eigenvalue weighted by Crippen LogP contribution is 2.27. The van der Waals surface area contributed by atoms with E-state index in [1.165, 1.54) is 5.56 Å². The van der Waals surface area contributed by atoms with Gasteiger partial charge in [-0.1, -0.05) is 59.6 Å². The van der Waals surface area contributed by atoms with Gasteiger partial charge in [-0.05, 0) is 37.1 Å². The van der Waals surface area contributed by atoms with Crippen LogP contribution in [0.2, 0.25) is 10.0 Å². The molecule has 100 valence electrons. The SMILES string of the molecule is CC(NC(C)c1ccc(Cl)cc1Cl)c1ccccc1. The number of halogens is 2. The van der Waals surface area contributed by atoms with Crippen LogP contribution < -0.4 is 5.32 Å². The first-order valence-electron chi connectivity index (χ1n) is 6.34. The highest BCUT2D eigenvalue weighted by molar-refractivity contribution is 6.35. The van der Waals surface area contributed by atoms with Gasteiger partial charge in [-0.25, -0.2) is 0 Å². The van der Waals surface area contributed by atoms with E-state index in [1.807, 2.05) is 30.3 Å². The molecule has 1 N–H and O–H groups in total. The van der Waals surface area contributed by atoms with Gasteiger partial charge in [0.1, 0.15) is 0 Å². The summed E-state index contributed by atoms with van der Waals surface area (Å²) in [6, 6.07) is 16.4. The molecule has 19 heavy (non-hydrogen) atoms. The molecule has 2 rings (SSSR count). The van der Waals surface area contributed by atoms with Crippen molar-refractivity contribution in [3.63, 3.8) is 0 Å². The smallest absolute Gasteiger partial charge is 0.0468 e. The molecule has 0 amide bonds. The van der Waals surface area contributed by atoms with Gasteiger partial charge in [-0.3, -0.25) is 0 Å². The normalized spacial score (nSPS) is 14.1. The summed E-state index contributed by atoms with van der Waals surface area (Å²) in [5.41, 5.74) is 2.33. The van der Waals surface area contributed by atoms with Gasteiger partial charge in [0, 0.05) is 22.1 Å². The van der Waals surface area contributed by atoms with Crippen LogP contribution in [-0.4, -0.2) is 0 Å². The Morgan fingerprint density at radius 2 is 1.58 bits per heavy atom. The zero-order valence-electron chi connectivity index (χ0n) is 11.0. The van der Waals surface area contributed by atoms with Crippen LogP contribution in [0, 0.1) is 0 Å². The molecule has 0 aromatic heterocycles. The summed E-state index contributed by atoms with van der Waals surface area (Å²) in [4.78, 5) is 0. The number of hydrogen-bond acceptors (Lipinski definition) is 1. The van der Waals surface area contributed by atoms with Crippen molar-refractivity contribution in [2.24, 2.45) is 0 Å². The maximum Gasteiger partial charge on any atom is 0.0468 e. The minimum atomic E-state index is 0.167. The minimum absolute atomic E-state index is 0.167. The Morgan fingerprint density at radius 3 is 2.21 bits per heavy atom. The second-order valence-electron chi connectivity index (χ2n) is 4.69. The van der Waals surface area contributed by atoms with Crippen LogP contribution in [0.25, 0.3) is 0 Å². The third-order valence-corrected chi connectivity index (χ3v) is 3.79. The zero-order chi connectivity index (χ0) is 13.8. The van der Waals surface area contributed by atoms with E-state index in [9.17, 15) is 0 Å². The van der Waals surface area contributed by atoms with Crippen LogP contribution in [0.5, 0.6) is 0 Å². The van der Waals surface area contributed by atoms with Gasteiger partial charge in [0.15, 0.2) is 0 Å². The zero-order valence-corrected chi connectivity index (χ0v) is 12.5. The molecule has 0 bridgehead atoms. The van der Waals surface area contributed by atoms with Gasteiger partial charge in [0.2, 0.25) is 0 Å². The monoisotopic (exact) mass is 293 g/mol. The van der Waals surface area contributed by atoms with E-state index in [4.69, 9.17) is 23.2 Å². The lowest BCUT2D eigenvalue weighted by Gasteiger charge is -2.21. The number of rotatable bonds is 4. The van der Waals surface area contributed by atoms with Gasteiger partial charge in [-0.15, -0.1) is 0 Å². The molecule has 2 atom stereocenters. The molecule has 0 saturated heterocycles. The number of hydrogen-bond donors (Lipinski definition) is 1. The molecule has 0 saturated carbocycles. The Labute approximate surface area is 124 Å². The van der Waals surface area contributed by atoms with Gasteiger partial charge >= 0.3 is 0 Å². The molecule has 0 aliphatic heterocycles. The topological polar surface area (TPSA) is 12.0 Å². The summed E-state index contributed by atoms with van der Waals surface area (Å²) < 4.78 is 0. The van der Waals surface area contributed by atoms with E-state index in [-0.39, 0.29) is 12.1 Å². The quantitative estimate of drug-likeness (QED) is 0.795. The number of nitrogens with one attached hydrogen (secondary N) is 1. The van der Waals surface area contributed by atoms with Gasteiger partial charge in [0.25, 0.3) is 0 Å². The summed E-state index contributed by atoms with van der Waals surface area (Å²) >= 11 is 12.1. The Balaban J connectivity index is 2.10. The summed E-state index contributed by atoms with van der Waals surface area (Å²) in [5, 5.41) is 4.91. The number of benzene rings is 2. The van der Waals surface area contributed by atoms with Crippen molar-refractivity contribution >= 4 is 23.2 Å². The molecular weight excluding hydrogens is 277 g/mol. The third kappa shape index (κ3) is 3.73. The fourth-order valence-corrected chi connectivity index (χ4v) is 2.73. The second-order valence-corrected chi connectivity index (χ2v) is 5.53. The molecule has 2 aromatic rings. The average molecular weight is 294 g/mol. The Bertz CT molecular complexity index is 540. The van der Waals surface area contributed by atoms with E-state index in [2.05, 4.69) is 31.3 Å². The molecule has 2 aromatic carbocycles. The highest BCUT2D eigenvalue weighted by Gasteiger charge is 2.13. The summed E-state index contributed by atoms with van der Waals surface area (Å²) in [5.74, 6) is 0. The van der Waals surface area contributed by atoms with Crippen molar-refractivity contribution in [3.05, 3.63) is 69.7 Å². The van der Waals surface area contributed by atoms with Crippen molar-refractivity contribution in [2.45, 2.75) is 25.9 Å². The van der Waals surface area contributed by atoms with Gasteiger partial charge in [-0.2, -0.15) is 0 Å². The first-order chi connectivity index (χ1) is 9.08. The molecule has 3 heteroatoms. The van der Waals surface area contributed by atoms with Crippen LogP contribution in [0.15, 0.2) is 48.5 Å². The maximum absolute atomic E-state index is 6.23. The molecular formula is C16H17Cl2N. The third-order valence-electron chi connectivity index (χ3n) is 3.23. The Morgan fingerprint density at radius 1 is 0.895 bits per heavy atom. The lowest BCUT2D eigenvalue weighted by molar-refractivity contribution is 0.495. The maximum atomic E-state index is 6.23. The molecule has 0 aliphatic carbocycles. The standard InChI is InChI=1S/C16H17Cl2N/c1-11(13-6-4-3-5-7-13)19-12(2)15-9-8-14(17)10-16(15)18/h3-12,19H,1-2H3. The molecule has 0 fully saturated rings. The van der Waals surface area contributed by atoms with Crippen LogP contribution in [-0.2, 0) is 0 Å². The molecule has 0 spiro atoms. The van der Waals surface area contributed by atoms with E-state index >= 15 is 0 Å². The van der Waals surface area contributed by atoms with E-state index in [0.29, 0.717) is 10.0 Å². The van der Waals surface area contributed by atoms with Crippen LogP contribution in [0.4, 0.5) is 0 Å². The van der Waals surface area contributed by atoms with Crippen LogP contribution >= 0.6 is 23.2 Å². The average Bonchev–Trinajstić information content (AvgIpc) is 2.39. The van der Waals surface area contributed by atoms with E-state index in [1.54, 1.807) is 6.07 Å². The summed E-state index contributed by atoms with van der Waals surface area (Å²) in [7, 11) is 0. The summed E-state index contributed by atoms with van der Waals surface area (Å²) in [6.45, 7) is 4.25. The molecule has 2 unspecified atom stereocenters. The predicted molar refractivity (Wildman–Crippen MR) is 82.9 cm³/mol. The molecule has 0 aliphatic rings. The summed E-state index contributed by atoms with van der Waals surface area (Å²) in [6.07, 6.45) is 0. The first kappa shape index (κ1) is 14.4. The van der Waals surface area contributed by atoms with Gasteiger partial charge in [0.05, 0.1) is 0 Å². The Hall–Kier alpha value is -1.02. The molecule has 1 nitrogen and oxygen atoms in total. The van der Waals surface area contributed by atoms with Crippen molar-refractivity contribution < 1.29 is 0 Å². The minimum Gasteiger partial charge on any atom is -0.304 e. The van der Waals surface area contributed by atoms with Crippen LogP contribution in [0.1, 0.15) is 37.1 Å². The Kier molecular flexibility index (Phi) is 4.87. The fourth-order valence-electron chi connectivity index (χ4n) is 2.16. The largest absolute Gasteiger partial charge is 0.304 e. The van der Waals surface area contributed by atoms with E-state index in [0.717, 1.165) is 5.56 Å². The second kappa shape index (κ2) is 6.42. The van der Waals surface area contributed by atoms with Crippen LogP contribution in [0.3, 0.4) is 0 Å². The fraction of sp³-hybridized carbons (Fsp3) is 0.250. The first-order valence-corrected chi connectivity index (χ1v) is 7.09. The van der Waals surface area contributed by atoms with Gasteiger partial charge < -0.3 is 5.32 Å². The molecule has 0 heterocycles. The highest BCUT2D eigenvalue weighted by atomic mass is 35.5. The van der Waals surface area contributed by atoms with Crippen molar-refractivity contribution in [2.75, 3.05) is 0 Å². The predicted octanol–water partition coefficient (Wildman–Crippen LogP) is 5.41. The van der Waals surface area contributed by atoms with Crippen molar-refractivity contribution in [1.29, 1.82) is 0 Å². The van der Waals surface area contributed by atoms with Crippen molar-refractivity contribution in [1.82, 2.24) is 5.32 Å². The van der Waals surface area contributed by atoms with E-state index < -0.39 is 0 Å². The van der Waals surface area contributed by atoms with Crippen molar-refractivity contribution in [3.8, 4) is 0 Å². The molecule has 0 radical (unpaired) electrons.